The number of carbonyl (C=O) groups is 1. The fraction of sp³-hybridized carbons (Fsp3) is 0.381. The summed E-state index contributed by atoms with van der Waals surface area (Å²) in [5.74, 6) is 0.0843. The molecule has 0 saturated heterocycles. The van der Waals surface area contributed by atoms with Gasteiger partial charge in [-0.25, -0.2) is 0 Å². The van der Waals surface area contributed by atoms with Crippen molar-refractivity contribution in [3.05, 3.63) is 71.8 Å². The van der Waals surface area contributed by atoms with E-state index >= 15 is 0 Å². The zero-order chi connectivity index (χ0) is 17.7. The first kappa shape index (κ1) is 19.2. The van der Waals surface area contributed by atoms with Gasteiger partial charge in [0.25, 0.3) is 0 Å². The van der Waals surface area contributed by atoms with Crippen molar-refractivity contribution in [1.29, 1.82) is 0 Å². The Balaban J connectivity index is 1.72. The average Bonchev–Trinajstić information content (AvgIpc) is 2.65. The van der Waals surface area contributed by atoms with E-state index in [1.807, 2.05) is 36.4 Å². The summed E-state index contributed by atoms with van der Waals surface area (Å²) in [4.78, 5) is 14.4. The number of hydrogen-bond acceptors (Lipinski definition) is 3. The van der Waals surface area contributed by atoms with Gasteiger partial charge in [0.05, 0.1) is 6.54 Å². The molecule has 25 heavy (non-hydrogen) atoms. The van der Waals surface area contributed by atoms with Gasteiger partial charge in [-0.1, -0.05) is 60.7 Å². The van der Waals surface area contributed by atoms with Crippen molar-refractivity contribution in [2.24, 2.45) is 5.73 Å². The van der Waals surface area contributed by atoms with Crippen LogP contribution in [-0.2, 0) is 17.8 Å². The third-order valence-corrected chi connectivity index (χ3v) is 4.10. The lowest BCUT2D eigenvalue weighted by atomic mass is 10.1. The van der Waals surface area contributed by atoms with Gasteiger partial charge in [0.1, 0.15) is 0 Å². The van der Waals surface area contributed by atoms with Crippen LogP contribution in [0.25, 0.3) is 0 Å². The molecular formula is C21H29N3O. The third-order valence-electron chi connectivity index (χ3n) is 4.10. The summed E-state index contributed by atoms with van der Waals surface area (Å²) in [6.45, 7) is 3.38. The number of carbonyl (C=O) groups excluding carboxylic acids is 1. The average molecular weight is 339 g/mol. The second-order valence-electron chi connectivity index (χ2n) is 6.28. The highest BCUT2D eigenvalue weighted by Crippen LogP contribution is 2.05. The standard InChI is InChI=1S/C21H29N3O/c22-14-8-16-24(17-20-11-5-2-6-12-20)18-21(25)23-15-7-13-19-9-3-1-4-10-19/h1-6,9-12H,7-8,13-18,22H2,(H,23,25). The highest BCUT2D eigenvalue weighted by Gasteiger charge is 2.10. The van der Waals surface area contributed by atoms with Crippen LogP contribution < -0.4 is 11.1 Å². The lowest BCUT2D eigenvalue weighted by Gasteiger charge is -2.21. The van der Waals surface area contributed by atoms with Gasteiger partial charge in [-0.3, -0.25) is 9.69 Å². The Morgan fingerprint density at radius 2 is 1.56 bits per heavy atom. The van der Waals surface area contributed by atoms with E-state index in [4.69, 9.17) is 5.73 Å². The normalized spacial score (nSPS) is 10.8. The lowest BCUT2D eigenvalue weighted by Crippen LogP contribution is -2.38. The van der Waals surface area contributed by atoms with E-state index in [0.717, 1.165) is 32.4 Å². The number of rotatable bonds is 11. The van der Waals surface area contributed by atoms with Crippen molar-refractivity contribution in [3.8, 4) is 0 Å². The van der Waals surface area contributed by atoms with E-state index in [1.54, 1.807) is 0 Å². The maximum absolute atomic E-state index is 12.2. The Labute approximate surface area is 151 Å². The van der Waals surface area contributed by atoms with Crippen LogP contribution in [-0.4, -0.2) is 37.0 Å². The molecule has 0 fully saturated rings. The van der Waals surface area contributed by atoms with Gasteiger partial charge in [0.15, 0.2) is 0 Å². The predicted octanol–water partition coefficient (Wildman–Crippen LogP) is 2.59. The highest BCUT2D eigenvalue weighted by molar-refractivity contribution is 5.77. The first-order chi connectivity index (χ1) is 12.3. The van der Waals surface area contributed by atoms with Crippen LogP contribution in [0.1, 0.15) is 24.0 Å². The zero-order valence-electron chi connectivity index (χ0n) is 14.9. The first-order valence-electron chi connectivity index (χ1n) is 9.05. The Hall–Kier alpha value is -2.17. The number of benzene rings is 2. The Bertz CT molecular complexity index is 601. The smallest absolute Gasteiger partial charge is 0.234 e. The van der Waals surface area contributed by atoms with Crippen LogP contribution in [0.3, 0.4) is 0 Å². The van der Waals surface area contributed by atoms with Crippen molar-refractivity contribution >= 4 is 5.91 Å². The summed E-state index contributed by atoms with van der Waals surface area (Å²) < 4.78 is 0. The molecule has 0 aliphatic heterocycles. The summed E-state index contributed by atoms with van der Waals surface area (Å²) in [5.41, 5.74) is 8.16. The molecule has 3 N–H and O–H groups in total. The van der Waals surface area contributed by atoms with E-state index in [-0.39, 0.29) is 5.91 Å². The maximum Gasteiger partial charge on any atom is 0.234 e. The monoisotopic (exact) mass is 339 g/mol. The molecule has 0 saturated carbocycles. The lowest BCUT2D eigenvalue weighted by molar-refractivity contribution is -0.122. The van der Waals surface area contributed by atoms with E-state index in [0.29, 0.717) is 19.6 Å². The summed E-state index contributed by atoms with van der Waals surface area (Å²) in [6, 6.07) is 20.6. The van der Waals surface area contributed by atoms with Crippen LogP contribution in [0, 0.1) is 0 Å². The molecule has 0 heterocycles. The summed E-state index contributed by atoms with van der Waals surface area (Å²) in [7, 11) is 0. The topological polar surface area (TPSA) is 58.4 Å². The number of nitrogens with two attached hydrogens (primary N) is 1. The highest BCUT2D eigenvalue weighted by atomic mass is 16.2. The first-order valence-corrected chi connectivity index (χ1v) is 9.05. The molecule has 0 aliphatic rings. The van der Waals surface area contributed by atoms with Crippen molar-refractivity contribution < 1.29 is 4.79 Å². The minimum atomic E-state index is 0.0843. The Kier molecular flexibility index (Phi) is 8.73. The minimum absolute atomic E-state index is 0.0843. The molecule has 2 rings (SSSR count). The fourth-order valence-corrected chi connectivity index (χ4v) is 2.79. The van der Waals surface area contributed by atoms with Crippen molar-refractivity contribution in [2.45, 2.75) is 25.8 Å². The number of amides is 1. The molecule has 4 nitrogen and oxygen atoms in total. The molecule has 1 amide bonds. The van der Waals surface area contributed by atoms with E-state index in [9.17, 15) is 4.79 Å². The molecule has 2 aromatic rings. The molecule has 0 bridgehead atoms. The van der Waals surface area contributed by atoms with Crippen molar-refractivity contribution in [3.63, 3.8) is 0 Å². The largest absolute Gasteiger partial charge is 0.355 e. The number of aryl methyl sites for hydroxylation is 1. The van der Waals surface area contributed by atoms with Gasteiger partial charge >= 0.3 is 0 Å². The maximum atomic E-state index is 12.2. The van der Waals surface area contributed by atoms with Gasteiger partial charge in [-0.15, -0.1) is 0 Å². The van der Waals surface area contributed by atoms with Gasteiger partial charge in [-0.2, -0.15) is 0 Å². The Morgan fingerprint density at radius 3 is 2.20 bits per heavy atom. The van der Waals surface area contributed by atoms with Crippen LogP contribution >= 0.6 is 0 Å². The molecule has 0 aromatic heterocycles. The van der Waals surface area contributed by atoms with E-state index < -0.39 is 0 Å². The quantitative estimate of drug-likeness (QED) is 0.619. The molecular weight excluding hydrogens is 310 g/mol. The molecule has 0 spiro atoms. The van der Waals surface area contributed by atoms with Crippen molar-refractivity contribution in [2.75, 3.05) is 26.2 Å². The van der Waals surface area contributed by atoms with Gasteiger partial charge in [0, 0.05) is 19.6 Å². The van der Waals surface area contributed by atoms with Gasteiger partial charge in [-0.05, 0) is 36.9 Å². The molecule has 0 radical (unpaired) electrons. The molecule has 0 atom stereocenters. The predicted molar refractivity (Wildman–Crippen MR) is 103 cm³/mol. The minimum Gasteiger partial charge on any atom is -0.355 e. The van der Waals surface area contributed by atoms with Gasteiger partial charge in [0.2, 0.25) is 5.91 Å². The van der Waals surface area contributed by atoms with Crippen LogP contribution in [0.2, 0.25) is 0 Å². The molecule has 0 unspecified atom stereocenters. The van der Waals surface area contributed by atoms with E-state index in [2.05, 4.69) is 34.5 Å². The second kappa shape index (κ2) is 11.4. The number of nitrogens with zero attached hydrogens (tertiary/aromatic N) is 1. The van der Waals surface area contributed by atoms with Gasteiger partial charge < -0.3 is 11.1 Å². The molecule has 4 heteroatoms. The third kappa shape index (κ3) is 7.96. The molecule has 134 valence electrons. The van der Waals surface area contributed by atoms with Crippen LogP contribution in [0.15, 0.2) is 60.7 Å². The number of nitrogens with one attached hydrogen (secondary N) is 1. The van der Waals surface area contributed by atoms with Crippen LogP contribution in [0.5, 0.6) is 0 Å². The zero-order valence-corrected chi connectivity index (χ0v) is 14.9. The van der Waals surface area contributed by atoms with E-state index in [1.165, 1.54) is 11.1 Å². The molecule has 2 aromatic carbocycles. The SMILES string of the molecule is NCCCN(CC(=O)NCCCc1ccccc1)Cc1ccccc1. The van der Waals surface area contributed by atoms with Crippen LogP contribution in [0.4, 0.5) is 0 Å². The summed E-state index contributed by atoms with van der Waals surface area (Å²) in [6.07, 6.45) is 2.84. The summed E-state index contributed by atoms with van der Waals surface area (Å²) >= 11 is 0. The summed E-state index contributed by atoms with van der Waals surface area (Å²) in [5, 5.41) is 3.03. The number of hydrogen-bond donors (Lipinski definition) is 2. The Morgan fingerprint density at radius 1 is 0.920 bits per heavy atom. The fourth-order valence-electron chi connectivity index (χ4n) is 2.79. The second-order valence-corrected chi connectivity index (χ2v) is 6.28. The van der Waals surface area contributed by atoms with Crippen molar-refractivity contribution in [1.82, 2.24) is 10.2 Å². The molecule has 0 aliphatic carbocycles.